The summed E-state index contributed by atoms with van der Waals surface area (Å²) in [5.74, 6) is 0.998. The summed E-state index contributed by atoms with van der Waals surface area (Å²) in [4.78, 5) is 12.0. The highest BCUT2D eigenvalue weighted by Crippen LogP contribution is 2.31. The van der Waals surface area contributed by atoms with Gasteiger partial charge < -0.3 is 0 Å². The minimum absolute atomic E-state index is 0.334. The van der Waals surface area contributed by atoms with Crippen molar-refractivity contribution in [1.82, 2.24) is 0 Å². The Morgan fingerprint density at radius 1 is 1.33 bits per heavy atom. The van der Waals surface area contributed by atoms with E-state index in [4.69, 9.17) is 0 Å². The highest BCUT2D eigenvalue weighted by molar-refractivity contribution is 5.97. The molecule has 0 heterocycles. The molecule has 1 nitrogen and oxygen atoms in total. The average molecular weight is 202 g/mol. The van der Waals surface area contributed by atoms with Crippen LogP contribution in [-0.2, 0) is 0 Å². The van der Waals surface area contributed by atoms with Crippen molar-refractivity contribution >= 4 is 5.78 Å². The summed E-state index contributed by atoms with van der Waals surface area (Å²) in [6, 6.07) is 6.13. The first-order valence-electron chi connectivity index (χ1n) is 5.77. The van der Waals surface area contributed by atoms with Crippen LogP contribution in [0.5, 0.6) is 0 Å². The summed E-state index contributed by atoms with van der Waals surface area (Å²) in [7, 11) is 0. The van der Waals surface area contributed by atoms with Gasteiger partial charge in [0.25, 0.3) is 0 Å². The zero-order valence-corrected chi connectivity index (χ0v) is 9.55. The smallest absolute Gasteiger partial charge is 0.163 e. The molecule has 1 aromatic rings. The van der Waals surface area contributed by atoms with E-state index < -0.39 is 0 Å². The van der Waals surface area contributed by atoms with E-state index in [0.29, 0.717) is 11.7 Å². The van der Waals surface area contributed by atoms with Gasteiger partial charge in [-0.2, -0.15) is 0 Å². The summed E-state index contributed by atoms with van der Waals surface area (Å²) >= 11 is 0. The second-order valence-corrected chi connectivity index (χ2v) is 4.74. The van der Waals surface area contributed by atoms with Crippen molar-refractivity contribution in [3.8, 4) is 0 Å². The number of rotatable bonds is 3. The minimum Gasteiger partial charge on any atom is -0.294 e. The number of hydrogen-bond donors (Lipinski definition) is 0. The van der Waals surface area contributed by atoms with Crippen LogP contribution in [0.3, 0.4) is 0 Å². The van der Waals surface area contributed by atoms with Crippen LogP contribution >= 0.6 is 0 Å². The number of carbonyl (C=O) groups excluding carboxylic acids is 1. The molecule has 1 saturated carbocycles. The number of aryl methyl sites for hydroxylation is 2. The summed E-state index contributed by atoms with van der Waals surface area (Å²) < 4.78 is 0. The maximum absolute atomic E-state index is 12.0. The Morgan fingerprint density at radius 2 is 2.07 bits per heavy atom. The average Bonchev–Trinajstić information content (AvgIpc) is 2.15. The molecule has 1 fully saturated rings. The van der Waals surface area contributed by atoms with E-state index in [9.17, 15) is 4.79 Å². The Bertz CT molecular complexity index is 375. The van der Waals surface area contributed by atoms with Gasteiger partial charge in [-0.25, -0.2) is 0 Å². The molecule has 0 aromatic heterocycles. The van der Waals surface area contributed by atoms with E-state index in [2.05, 4.69) is 6.07 Å². The molecule has 80 valence electrons. The van der Waals surface area contributed by atoms with Gasteiger partial charge in [-0.05, 0) is 31.4 Å². The quantitative estimate of drug-likeness (QED) is 0.683. The highest BCUT2D eigenvalue weighted by atomic mass is 16.1. The zero-order valence-electron chi connectivity index (χ0n) is 9.55. The molecule has 0 bridgehead atoms. The molecular formula is C14H18O. The molecule has 15 heavy (non-hydrogen) atoms. The number of Topliss-reactive ketones (excluding diaryl/α,β-unsaturated/α-hetero) is 1. The van der Waals surface area contributed by atoms with E-state index in [1.54, 1.807) is 0 Å². The van der Waals surface area contributed by atoms with Crippen molar-refractivity contribution in [2.75, 3.05) is 0 Å². The maximum Gasteiger partial charge on any atom is 0.163 e. The van der Waals surface area contributed by atoms with Gasteiger partial charge in [-0.1, -0.05) is 37.0 Å². The number of hydrogen-bond acceptors (Lipinski definition) is 1. The van der Waals surface area contributed by atoms with Crippen LogP contribution in [0.2, 0.25) is 0 Å². The molecule has 1 aromatic carbocycles. The monoisotopic (exact) mass is 202 g/mol. The molecular weight excluding hydrogens is 184 g/mol. The molecule has 0 N–H and O–H groups in total. The second kappa shape index (κ2) is 4.18. The molecule has 1 heteroatoms. The second-order valence-electron chi connectivity index (χ2n) is 4.74. The molecule has 1 aliphatic rings. The third-order valence-electron chi connectivity index (χ3n) is 3.39. The molecule has 0 spiro atoms. The third-order valence-corrected chi connectivity index (χ3v) is 3.39. The van der Waals surface area contributed by atoms with Crippen LogP contribution in [0.1, 0.15) is 47.2 Å². The molecule has 0 unspecified atom stereocenters. The number of carbonyl (C=O) groups is 1. The van der Waals surface area contributed by atoms with Gasteiger partial charge in [0.15, 0.2) is 5.78 Å². The molecule has 0 radical (unpaired) electrons. The van der Waals surface area contributed by atoms with Crippen LogP contribution in [-0.4, -0.2) is 5.78 Å². The lowest BCUT2D eigenvalue weighted by Gasteiger charge is -2.24. The highest BCUT2D eigenvalue weighted by Gasteiger charge is 2.21. The fourth-order valence-electron chi connectivity index (χ4n) is 2.11. The van der Waals surface area contributed by atoms with Crippen LogP contribution < -0.4 is 0 Å². The van der Waals surface area contributed by atoms with Gasteiger partial charge >= 0.3 is 0 Å². The lowest BCUT2D eigenvalue weighted by Crippen LogP contribution is -2.16. The van der Waals surface area contributed by atoms with Gasteiger partial charge in [0, 0.05) is 12.0 Å². The van der Waals surface area contributed by atoms with Gasteiger partial charge in [0.05, 0.1) is 0 Å². The molecule has 0 atom stereocenters. The van der Waals surface area contributed by atoms with E-state index >= 15 is 0 Å². The van der Waals surface area contributed by atoms with Crippen LogP contribution in [0.25, 0.3) is 0 Å². The summed E-state index contributed by atoms with van der Waals surface area (Å²) in [6.07, 6.45) is 4.56. The molecule has 0 aliphatic heterocycles. The Labute approximate surface area is 91.5 Å². The molecule has 1 aliphatic carbocycles. The van der Waals surface area contributed by atoms with Crippen LogP contribution in [0.15, 0.2) is 18.2 Å². The van der Waals surface area contributed by atoms with Crippen molar-refractivity contribution in [3.05, 3.63) is 34.9 Å². The third kappa shape index (κ3) is 2.28. The van der Waals surface area contributed by atoms with Gasteiger partial charge in [0.2, 0.25) is 0 Å². The Kier molecular flexibility index (Phi) is 2.90. The van der Waals surface area contributed by atoms with Gasteiger partial charge in [-0.15, -0.1) is 0 Å². The SMILES string of the molecule is Cc1ccc(C)c(C(=O)CC2CCC2)c1. The zero-order chi connectivity index (χ0) is 10.8. The van der Waals surface area contributed by atoms with Gasteiger partial charge in [-0.3, -0.25) is 4.79 Å². The van der Waals surface area contributed by atoms with Crippen LogP contribution in [0.4, 0.5) is 0 Å². The number of ketones is 1. The summed E-state index contributed by atoms with van der Waals surface area (Å²) in [5.41, 5.74) is 3.23. The van der Waals surface area contributed by atoms with E-state index in [0.717, 1.165) is 17.5 Å². The first-order valence-corrected chi connectivity index (χ1v) is 5.77. The fourth-order valence-corrected chi connectivity index (χ4v) is 2.11. The largest absolute Gasteiger partial charge is 0.294 e. The molecule has 0 amide bonds. The normalized spacial score (nSPS) is 16.1. The van der Waals surface area contributed by atoms with Crippen molar-refractivity contribution < 1.29 is 4.79 Å². The summed E-state index contributed by atoms with van der Waals surface area (Å²) in [5, 5.41) is 0. The van der Waals surface area contributed by atoms with Gasteiger partial charge in [0.1, 0.15) is 0 Å². The fraction of sp³-hybridized carbons (Fsp3) is 0.500. The lowest BCUT2D eigenvalue weighted by molar-refractivity contribution is 0.0936. The Hall–Kier alpha value is -1.11. The molecule has 2 rings (SSSR count). The topological polar surface area (TPSA) is 17.1 Å². The Morgan fingerprint density at radius 3 is 2.67 bits per heavy atom. The van der Waals surface area contributed by atoms with Crippen LogP contribution in [0, 0.1) is 19.8 Å². The van der Waals surface area contributed by atoms with Crippen molar-refractivity contribution in [1.29, 1.82) is 0 Å². The Balaban J connectivity index is 2.12. The van der Waals surface area contributed by atoms with E-state index in [-0.39, 0.29) is 0 Å². The predicted molar refractivity (Wildman–Crippen MR) is 62.2 cm³/mol. The maximum atomic E-state index is 12.0. The van der Waals surface area contributed by atoms with Crippen molar-refractivity contribution in [2.24, 2.45) is 5.92 Å². The first-order chi connectivity index (χ1) is 7.16. The number of benzene rings is 1. The van der Waals surface area contributed by atoms with E-state index in [1.165, 1.54) is 24.8 Å². The molecule has 0 saturated heterocycles. The lowest BCUT2D eigenvalue weighted by atomic mass is 9.80. The van der Waals surface area contributed by atoms with E-state index in [1.807, 2.05) is 26.0 Å². The minimum atomic E-state index is 0.334. The predicted octanol–water partition coefficient (Wildman–Crippen LogP) is 3.68. The first kappa shape index (κ1) is 10.4. The van der Waals surface area contributed by atoms with Crippen molar-refractivity contribution in [3.63, 3.8) is 0 Å². The van der Waals surface area contributed by atoms with Crippen molar-refractivity contribution in [2.45, 2.75) is 39.5 Å². The standard InChI is InChI=1S/C14H18O/c1-10-6-7-11(2)13(8-10)14(15)9-12-4-3-5-12/h6-8,12H,3-5,9H2,1-2H3. The summed E-state index contributed by atoms with van der Waals surface area (Å²) in [6.45, 7) is 4.06.